The molecule has 0 aromatic carbocycles. The van der Waals surface area contributed by atoms with Crippen LogP contribution in [0.2, 0.25) is 0 Å². The van der Waals surface area contributed by atoms with E-state index in [0.29, 0.717) is 18.3 Å². The Balaban J connectivity index is 1.63. The van der Waals surface area contributed by atoms with Crippen molar-refractivity contribution in [2.45, 2.75) is 32.4 Å². The minimum atomic E-state index is -0.380. The van der Waals surface area contributed by atoms with Crippen molar-refractivity contribution in [2.75, 3.05) is 32.8 Å². The molecule has 6 nitrogen and oxygen atoms in total. The Morgan fingerprint density at radius 1 is 1.33 bits per heavy atom. The van der Waals surface area contributed by atoms with Gasteiger partial charge in [-0.25, -0.2) is 4.79 Å². The van der Waals surface area contributed by atoms with Crippen molar-refractivity contribution >= 4 is 11.8 Å². The van der Waals surface area contributed by atoms with Crippen LogP contribution in [0.5, 0.6) is 0 Å². The highest BCUT2D eigenvalue weighted by atomic mass is 16.5. The third-order valence-corrected chi connectivity index (χ3v) is 4.71. The number of piperazine rings is 1. The van der Waals surface area contributed by atoms with Gasteiger partial charge >= 0.3 is 5.97 Å². The molecule has 1 aliphatic carbocycles. The number of nitrogens with zero attached hydrogens (tertiary/aromatic N) is 2. The fraction of sp³-hybridized carbons (Fsp3) is 0.556. The number of hydrogen-bond acceptors (Lipinski definition) is 5. The molecule has 1 N–H and O–H groups in total. The zero-order valence-electron chi connectivity index (χ0n) is 14.2. The number of allylic oxidation sites excluding steroid dienone is 1. The van der Waals surface area contributed by atoms with Crippen LogP contribution in [0.25, 0.3) is 0 Å². The van der Waals surface area contributed by atoms with Gasteiger partial charge in [0.2, 0.25) is 0 Å². The highest BCUT2D eigenvalue weighted by molar-refractivity contribution is 5.96. The number of ketones is 1. The Morgan fingerprint density at radius 2 is 2.12 bits per heavy atom. The van der Waals surface area contributed by atoms with Crippen molar-refractivity contribution in [1.29, 1.82) is 0 Å². The lowest BCUT2D eigenvalue weighted by Crippen LogP contribution is -2.47. The largest absolute Gasteiger partial charge is 0.461 e. The summed E-state index contributed by atoms with van der Waals surface area (Å²) < 4.78 is 6.71. The van der Waals surface area contributed by atoms with Crippen LogP contribution in [0.3, 0.4) is 0 Å². The summed E-state index contributed by atoms with van der Waals surface area (Å²) in [5.41, 5.74) is 1.32. The molecule has 0 bridgehead atoms. The van der Waals surface area contributed by atoms with E-state index in [1.54, 1.807) is 29.8 Å². The van der Waals surface area contributed by atoms with E-state index in [1.165, 1.54) is 0 Å². The van der Waals surface area contributed by atoms with Crippen LogP contribution in [0.4, 0.5) is 0 Å². The first kappa shape index (κ1) is 16.9. The molecule has 1 fully saturated rings. The van der Waals surface area contributed by atoms with Gasteiger partial charge in [0, 0.05) is 38.4 Å². The summed E-state index contributed by atoms with van der Waals surface area (Å²) in [6.07, 6.45) is 5.72. The lowest BCUT2D eigenvalue weighted by Gasteiger charge is -2.31. The molecule has 1 atom stereocenters. The second kappa shape index (κ2) is 7.77. The van der Waals surface area contributed by atoms with Crippen LogP contribution in [0, 0.1) is 0 Å². The summed E-state index contributed by atoms with van der Waals surface area (Å²) in [6, 6.07) is 3.84. The number of carbonyl (C=O) groups excluding carboxylic acids is 2. The van der Waals surface area contributed by atoms with E-state index in [1.807, 2.05) is 0 Å². The number of esters is 1. The summed E-state index contributed by atoms with van der Waals surface area (Å²) in [5.74, 6) is -0.288. The van der Waals surface area contributed by atoms with E-state index in [0.717, 1.165) is 44.6 Å². The molecule has 1 saturated heterocycles. The van der Waals surface area contributed by atoms with Gasteiger partial charge in [0.05, 0.1) is 13.2 Å². The number of nitrogens with one attached hydrogen (secondary N) is 1. The summed E-state index contributed by atoms with van der Waals surface area (Å²) in [5, 5.41) is 3.35. The highest BCUT2D eigenvalue weighted by Gasteiger charge is 2.26. The Hall–Kier alpha value is -1.92. The fourth-order valence-corrected chi connectivity index (χ4v) is 3.43. The molecule has 3 rings (SSSR count). The van der Waals surface area contributed by atoms with E-state index >= 15 is 0 Å². The predicted molar refractivity (Wildman–Crippen MR) is 90.9 cm³/mol. The first-order valence-corrected chi connectivity index (χ1v) is 8.70. The van der Waals surface area contributed by atoms with Gasteiger partial charge in [-0.15, -0.1) is 0 Å². The van der Waals surface area contributed by atoms with Crippen molar-refractivity contribution in [2.24, 2.45) is 0 Å². The van der Waals surface area contributed by atoms with Crippen LogP contribution in [-0.2, 0) is 16.1 Å². The van der Waals surface area contributed by atoms with E-state index in [2.05, 4.69) is 16.3 Å². The normalized spacial score (nSPS) is 21.5. The molecule has 1 aliphatic heterocycles. The topological polar surface area (TPSA) is 63.6 Å². The van der Waals surface area contributed by atoms with Gasteiger partial charge < -0.3 is 14.6 Å². The second-order valence-electron chi connectivity index (χ2n) is 6.25. The van der Waals surface area contributed by atoms with Crippen LogP contribution in [0.15, 0.2) is 30.0 Å². The van der Waals surface area contributed by atoms with E-state index in [9.17, 15) is 9.59 Å². The minimum absolute atomic E-state index is 0.0920. The van der Waals surface area contributed by atoms with Crippen molar-refractivity contribution in [3.05, 3.63) is 35.7 Å². The monoisotopic (exact) mass is 331 g/mol. The molecular formula is C18H25N3O3. The highest BCUT2D eigenvalue weighted by Crippen LogP contribution is 2.24. The average Bonchev–Trinajstić information content (AvgIpc) is 3.25. The molecule has 2 aliphatic rings. The van der Waals surface area contributed by atoms with Gasteiger partial charge in [-0.2, -0.15) is 0 Å². The van der Waals surface area contributed by atoms with Crippen molar-refractivity contribution in [3.63, 3.8) is 0 Å². The lowest BCUT2D eigenvalue weighted by molar-refractivity contribution is -0.116. The maximum atomic E-state index is 12.6. The molecule has 0 amide bonds. The van der Waals surface area contributed by atoms with Gasteiger partial charge in [-0.05, 0) is 37.5 Å². The second-order valence-corrected chi connectivity index (χ2v) is 6.25. The van der Waals surface area contributed by atoms with E-state index in [-0.39, 0.29) is 18.3 Å². The number of hydrogen-bond donors (Lipinski definition) is 1. The van der Waals surface area contributed by atoms with Crippen molar-refractivity contribution < 1.29 is 14.3 Å². The van der Waals surface area contributed by atoms with Crippen molar-refractivity contribution in [1.82, 2.24) is 14.8 Å². The molecule has 1 unspecified atom stereocenters. The summed E-state index contributed by atoms with van der Waals surface area (Å²) >= 11 is 0. The molecule has 130 valence electrons. The molecule has 1 aromatic heterocycles. The van der Waals surface area contributed by atoms with Gasteiger partial charge in [0.1, 0.15) is 5.69 Å². The molecule has 0 radical (unpaired) electrons. The molecule has 24 heavy (non-hydrogen) atoms. The molecule has 6 heteroatoms. The van der Waals surface area contributed by atoms with Crippen LogP contribution >= 0.6 is 0 Å². The predicted octanol–water partition coefficient (Wildman–Crippen LogP) is 1.23. The van der Waals surface area contributed by atoms with Gasteiger partial charge in [0.15, 0.2) is 5.78 Å². The number of carbonyl (C=O) groups is 2. The fourth-order valence-electron chi connectivity index (χ4n) is 3.43. The Kier molecular flexibility index (Phi) is 5.48. The lowest BCUT2D eigenvalue weighted by atomic mass is 10.1. The Labute approximate surface area is 142 Å². The molecule has 0 spiro atoms. The summed E-state index contributed by atoms with van der Waals surface area (Å²) in [7, 11) is 0. The molecular weight excluding hydrogens is 306 g/mol. The SMILES string of the molecule is CCOC(=O)c1cccn1CC(=O)C1=CC(N2CCNCC2)CC1. The molecule has 2 heterocycles. The van der Waals surface area contributed by atoms with Crippen LogP contribution < -0.4 is 5.32 Å². The number of rotatable bonds is 6. The molecule has 1 aromatic rings. The summed E-state index contributed by atoms with van der Waals surface area (Å²) in [4.78, 5) is 26.9. The minimum Gasteiger partial charge on any atom is -0.461 e. The van der Waals surface area contributed by atoms with Gasteiger partial charge in [-0.3, -0.25) is 9.69 Å². The summed E-state index contributed by atoms with van der Waals surface area (Å²) in [6.45, 7) is 6.40. The molecule has 0 saturated carbocycles. The quantitative estimate of drug-likeness (QED) is 0.795. The smallest absolute Gasteiger partial charge is 0.354 e. The Morgan fingerprint density at radius 3 is 2.88 bits per heavy atom. The zero-order valence-corrected chi connectivity index (χ0v) is 14.2. The Bertz CT molecular complexity index is 629. The van der Waals surface area contributed by atoms with Gasteiger partial charge in [-0.1, -0.05) is 6.08 Å². The standard InChI is InChI=1S/C18H25N3O3/c1-2-24-18(23)16-4-3-9-21(16)13-17(22)14-5-6-15(12-14)20-10-7-19-8-11-20/h3-4,9,12,15,19H,2,5-8,10-11,13H2,1H3. The van der Waals surface area contributed by atoms with Gasteiger partial charge in [0.25, 0.3) is 0 Å². The first-order valence-electron chi connectivity index (χ1n) is 8.70. The van der Waals surface area contributed by atoms with Crippen LogP contribution in [0.1, 0.15) is 30.3 Å². The number of ether oxygens (including phenoxy) is 1. The van der Waals surface area contributed by atoms with E-state index in [4.69, 9.17) is 4.74 Å². The third kappa shape index (κ3) is 3.76. The average molecular weight is 331 g/mol. The third-order valence-electron chi connectivity index (χ3n) is 4.71. The first-order chi connectivity index (χ1) is 11.7. The number of Topliss-reactive ketones (excluding diaryl/α,β-unsaturated/α-hetero) is 1. The zero-order chi connectivity index (χ0) is 16.9. The number of aromatic nitrogens is 1. The van der Waals surface area contributed by atoms with Crippen molar-refractivity contribution in [3.8, 4) is 0 Å². The van der Waals surface area contributed by atoms with E-state index < -0.39 is 0 Å². The van der Waals surface area contributed by atoms with Crippen LogP contribution in [-0.4, -0.2) is 60.0 Å². The maximum Gasteiger partial charge on any atom is 0.354 e. The maximum absolute atomic E-state index is 12.6.